The molecule has 3 heterocycles. The van der Waals surface area contributed by atoms with Crippen molar-refractivity contribution < 1.29 is 9.33 Å². The molecule has 0 amide bonds. The van der Waals surface area contributed by atoms with Crippen molar-refractivity contribution in [2.75, 3.05) is 11.6 Å². The molecule has 1 saturated heterocycles. The molecule has 2 fully saturated rings. The Morgan fingerprint density at radius 1 is 1.04 bits per heavy atom. The smallest absolute Gasteiger partial charge is 0.225 e. The fourth-order valence-electron chi connectivity index (χ4n) is 4.45. The van der Waals surface area contributed by atoms with Gasteiger partial charge in [-0.25, -0.2) is 10.0 Å². The lowest BCUT2D eigenvalue weighted by Crippen LogP contribution is -2.61. The van der Waals surface area contributed by atoms with E-state index >= 15 is 0 Å². The lowest BCUT2D eigenvalue weighted by Gasteiger charge is -2.46. The first kappa shape index (κ1) is 16.9. The van der Waals surface area contributed by atoms with Gasteiger partial charge < -0.3 is 4.74 Å². The maximum atomic E-state index is 5.91. The van der Waals surface area contributed by atoms with Gasteiger partial charge in [0.25, 0.3) is 0 Å². The third kappa shape index (κ3) is 3.05. The van der Waals surface area contributed by atoms with Crippen LogP contribution >= 0.6 is 0 Å². The van der Waals surface area contributed by atoms with Gasteiger partial charge in [-0.05, 0) is 62.6 Å². The molecular weight excluding hydrogens is 336 g/mol. The van der Waals surface area contributed by atoms with E-state index in [1.807, 2.05) is 25.0 Å². The largest absolute Gasteiger partial charge is 0.378 e. The molecule has 1 saturated carbocycles. The van der Waals surface area contributed by atoms with Crippen LogP contribution in [0.25, 0.3) is 0 Å². The van der Waals surface area contributed by atoms with E-state index in [1.54, 1.807) is 0 Å². The van der Waals surface area contributed by atoms with Crippen molar-refractivity contribution in [2.24, 2.45) is 9.98 Å². The summed E-state index contributed by atoms with van der Waals surface area (Å²) in [6.45, 7) is 0.917. The van der Waals surface area contributed by atoms with Gasteiger partial charge in [-0.2, -0.15) is 0 Å². The van der Waals surface area contributed by atoms with Crippen LogP contribution in [0.4, 0.5) is 5.69 Å². The van der Waals surface area contributed by atoms with Crippen molar-refractivity contribution >= 4 is 18.2 Å². The Bertz CT molecular complexity index is 800. The predicted octanol–water partition coefficient (Wildman–Crippen LogP) is 4.33. The highest BCUT2D eigenvalue weighted by molar-refractivity contribution is 5.82. The first-order chi connectivity index (χ1) is 13.4. The second-order valence-corrected chi connectivity index (χ2v) is 7.92. The van der Waals surface area contributed by atoms with Crippen LogP contribution in [-0.4, -0.2) is 35.9 Å². The summed E-state index contributed by atoms with van der Waals surface area (Å²) in [5, 5.41) is 2.49. The molecule has 5 heteroatoms. The summed E-state index contributed by atoms with van der Waals surface area (Å²) < 4.78 is 6.44. The van der Waals surface area contributed by atoms with Gasteiger partial charge in [-0.3, -0.25) is 4.99 Å². The van der Waals surface area contributed by atoms with Gasteiger partial charge in [0.2, 0.25) is 12.0 Å². The Labute approximate surface area is 160 Å². The number of anilines is 1. The van der Waals surface area contributed by atoms with E-state index in [1.165, 1.54) is 49.8 Å². The molecule has 5 nitrogen and oxygen atoms in total. The minimum absolute atomic E-state index is 0.385. The molecule has 5 rings (SSSR count). The average molecular weight is 363 g/mol. The summed E-state index contributed by atoms with van der Waals surface area (Å²) in [6.07, 6.45) is 18.7. The number of aliphatic imine (C=N–C) groups is 2. The highest BCUT2D eigenvalue weighted by atomic mass is 16.5. The van der Waals surface area contributed by atoms with E-state index in [4.69, 9.17) is 4.74 Å². The van der Waals surface area contributed by atoms with Crippen molar-refractivity contribution in [1.29, 1.82) is 0 Å². The Morgan fingerprint density at radius 3 is 2.67 bits per heavy atom. The molecule has 140 valence electrons. The minimum atomic E-state index is 0.385. The zero-order valence-corrected chi connectivity index (χ0v) is 15.7. The summed E-state index contributed by atoms with van der Waals surface area (Å²) in [6, 6.07) is 9.62. The molecule has 2 atom stereocenters. The molecule has 1 aromatic rings. The number of benzene rings is 1. The Morgan fingerprint density at radius 2 is 1.93 bits per heavy atom. The van der Waals surface area contributed by atoms with E-state index in [2.05, 4.69) is 45.5 Å². The van der Waals surface area contributed by atoms with Crippen LogP contribution in [0.2, 0.25) is 0 Å². The summed E-state index contributed by atoms with van der Waals surface area (Å²) >= 11 is 0. The molecular formula is C22H27N4O+. The fraction of sp³-hybridized carbons (Fsp3) is 0.455. The normalized spacial score (nSPS) is 29.3. The Hall–Kier alpha value is -2.24. The number of nitrogens with zero attached hydrogens (tertiary/aromatic N) is 4. The van der Waals surface area contributed by atoms with Crippen molar-refractivity contribution in [3.8, 4) is 0 Å². The molecule has 3 aliphatic heterocycles. The van der Waals surface area contributed by atoms with Crippen LogP contribution in [0.5, 0.6) is 0 Å². The average Bonchev–Trinajstić information content (AvgIpc) is 3.11. The van der Waals surface area contributed by atoms with E-state index in [0.717, 1.165) is 18.7 Å². The van der Waals surface area contributed by atoms with E-state index in [9.17, 15) is 0 Å². The molecule has 0 bridgehead atoms. The molecule has 1 aromatic carbocycles. The van der Waals surface area contributed by atoms with Gasteiger partial charge in [0, 0.05) is 6.61 Å². The number of quaternary nitrogens is 1. The topological polar surface area (TPSA) is 37.2 Å². The van der Waals surface area contributed by atoms with Crippen molar-refractivity contribution in [2.45, 2.75) is 57.1 Å². The quantitative estimate of drug-likeness (QED) is 0.730. The highest BCUT2D eigenvalue weighted by Gasteiger charge is 2.46. The maximum Gasteiger partial charge on any atom is 0.225 e. The molecule has 0 N–H and O–H groups in total. The second kappa shape index (κ2) is 7.06. The second-order valence-electron chi connectivity index (χ2n) is 7.92. The predicted molar refractivity (Wildman–Crippen MR) is 108 cm³/mol. The van der Waals surface area contributed by atoms with Gasteiger partial charge in [0.15, 0.2) is 6.20 Å². The fourth-order valence-corrected chi connectivity index (χ4v) is 4.45. The SMILES string of the molecule is C1=C[N+]2(N(c3ccc(CC4CCCCO4)cc3)C3CCC3)C=NC=C2C=N1. The monoisotopic (exact) mass is 363 g/mol. The number of fused-ring (bicyclic) bond motifs is 1. The standard InChI is InChI=1S/C22H27N4O/c1-2-13-27-22(6-1)14-18-7-9-20(10-8-18)25(19-4-3-5-19)26-12-11-23-15-21(26)16-24-17-26/h7-12,15-17,19,22H,1-6,13-14H2/q+1. The number of hydrogen-bond acceptors (Lipinski definition) is 4. The summed E-state index contributed by atoms with van der Waals surface area (Å²) in [4.78, 5) is 8.78. The first-order valence-corrected chi connectivity index (χ1v) is 10.2. The van der Waals surface area contributed by atoms with Crippen molar-refractivity contribution in [3.05, 3.63) is 54.1 Å². The van der Waals surface area contributed by atoms with Gasteiger partial charge in [0.05, 0.1) is 36.4 Å². The molecule has 1 aliphatic carbocycles. The Kier molecular flexibility index (Phi) is 4.42. The van der Waals surface area contributed by atoms with Crippen LogP contribution in [0.3, 0.4) is 0 Å². The van der Waals surface area contributed by atoms with E-state index in [0.29, 0.717) is 16.7 Å². The zero-order valence-electron chi connectivity index (χ0n) is 15.7. The Balaban J connectivity index is 1.41. The number of ether oxygens (including phenoxy) is 1. The number of allylic oxidation sites excluding steroid dienone is 1. The molecule has 27 heavy (non-hydrogen) atoms. The van der Waals surface area contributed by atoms with Crippen LogP contribution in [0.1, 0.15) is 44.1 Å². The van der Waals surface area contributed by atoms with Crippen LogP contribution in [0, 0.1) is 0 Å². The lowest BCUT2D eigenvalue weighted by molar-refractivity contribution is -0.746. The van der Waals surface area contributed by atoms with E-state index in [-0.39, 0.29) is 0 Å². The lowest BCUT2D eigenvalue weighted by atomic mass is 9.91. The van der Waals surface area contributed by atoms with Gasteiger partial charge in [-0.15, -0.1) is 4.59 Å². The zero-order chi connectivity index (χ0) is 18.1. The maximum absolute atomic E-state index is 5.91. The van der Waals surface area contributed by atoms with Crippen molar-refractivity contribution in [3.63, 3.8) is 0 Å². The number of rotatable bonds is 5. The molecule has 2 unspecified atom stereocenters. The third-order valence-electron chi connectivity index (χ3n) is 6.17. The van der Waals surface area contributed by atoms with Crippen LogP contribution in [0.15, 0.2) is 58.5 Å². The van der Waals surface area contributed by atoms with Crippen LogP contribution in [-0.2, 0) is 11.2 Å². The van der Waals surface area contributed by atoms with Crippen LogP contribution < -0.4 is 5.01 Å². The molecule has 4 aliphatic rings. The van der Waals surface area contributed by atoms with Gasteiger partial charge >= 0.3 is 0 Å². The van der Waals surface area contributed by atoms with Crippen molar-refractivity contribution in [1.82, 2.24) is 0 Å². The molecule has 0 aromatic heterocycles. The van der Waals surface area contributed by atoms with Gasteiger partial charge in [0.1, 0.15) is 0 Å². The minimum Gasteiger partial charge on any atom is -0.378 e. The summed E-state index contributed by atoms with van der Waals surface area (Å²) in [5.41, 5.74) is 3.71. The third-order valence-corrected chi connectivity index (χ3v) is 6.17. The highest BCUT2D eigenvalue weighted by Crippen LogP contribution is 2.39. The first-order valence-electron chi connectivity index (χ1n) is 10.2. The van der Waals surface area contributed by atoms with E-state index < -0.39 is 0 Å². The molecule has 0 spiro atoms. The summed E-state index contributed by atoms with van der Waals surface area (Å²) in [5.74, 6) is 0. The molecule has 0 radical (unpaired) electrons. The number of hydrogen-bond donors (Lipinski definition) is 0. The van der Waals surface area contributed by atoms with Gasteiger partial charge in [-0.1, -0.05) is 12.1 Å². The summed E-state index contributed by atoms with van der Waals surface area (Å²) in [7, 11) is 0.